The molecule has 1 fully saturated rings. The van der Waals surface area contributed by atoms with E-state index in [-0.39, 0.29) is 0 Å². The Labute approximate surface area is 83.0 Å². The molecule has 3 heteroatoms. The summed E-state index contributed by atoms with van der Waals surface area (Å²) in [7, 11) is 0. The first-order valence-corrected chi connectivity index (χ1v) is 6.47. The van der Waals surface area contributed by atoms with Gasteiger partial charge in [-0.2, -0.15) is 0 Å². The summed E-state index contributed by atoms with van der Waals surface area (Å²) in [5.74, 6) is 2.57. The van der Waals surface area contributed by atoms with Crippen molar-refractivity contribution in [3.8, 4) is 0 Å². The van der Waals surface area contributed by atoms with Crippen LogP contribution in [0.1, 0.15) is 25.7 Å². The second-order valence-electron chi connectivity index (χ2n) is 2.79. The van der Waals surface area contributed by atoms with Crippen LogP contribution in [0.5, 0.6) is 0 Å². The highest BCUT2D eigenvalue weighted by molar-refractivity contribution is 8.25. The van der Waals surface area contributed by atoms with Gasteiger partial charge in [0, 0.05) is 22.3 Å². The molecule has 0 aliphatic carbocycles. The highest BCUT2D eigenvalue weighted by Crippen LogP contribution is 2.36. The van der Waals surface area contributed by atoms with Crippen molar-refractivity contribution in [1.82, 2.24) is 0 Å². The molecule has 1 aliphatic rings. The van der Waals surface area contributed by atoms with Crippen LogP contribution >= 0.6 is 23.5 Å². The van der Waals surface area contributed by atoms with Crippen molar-refractivity contribution in [3.05, 3.63) is 10.3 Å². The number of aliphatic hydroxyl groups is 1. The van der Waals surface area contributed by atoms with Crippen LogP contribution in [0.2, 0.25) is 0 Å². The van der Waals surface area contributed by atoms with E-state index in [2.05, 4.69) is 6.08 Å². The molecule has 0 aromatic rings. The zero-order valence-corrected chi connectivity index (χ0v) is 8.92. The van der Waals surface area contributed by atoms with E-state index >= 15 is 0 Å². The monoisotopic (exact) mass is 204 g/mol. The lowest BCUT2D eigenvalue weighted by Crippen LogP contribution is -1.81. The molecule has 0 atom stereocenters. The van der Waals surface area contributed by atoms with Gasteiger partial charge in [-0.05, 0) is 19.3 Å². The molecule has 1 saturated heterocycles. The van der Waals surface area contributed by atoms with Crippen molar-refractivity contribution in [2.24, 2.45) is 0 Å². The Balaban J connectivity index is 1.96. The number of hydrogen-bond donors (Lipinski definition) is 1. The highest BCUT2D eigenvalue weighted by Gasteiger charge is 2.06. The second kappa shape index (κ2) is 6.87. The van der Waals surface area contributed by atoms with Gasteiger partial charge in [0.15, 0.2) is 0 Å². The predicted molar refractivity (Wildman–Crippen MR) is 58.6 cm³/mol. The molecule has 0 amide bonds. The van der Waals surface area contributed by atoms with Gasteiger partial charge in [-0.3, -0.25) is 0 Å². The molecule has 1 aliphatic heterocycles. The third-order valence-corrected chi connectivity index (χ3v) is 4.43. The molecule has 1 heterocycles. The van der Waals surface area contributed by atoms with E-state index in [9.17, 15) is 0 Å². The van der Waals surface area contributed by atoms with E-state index in [1.165, 1.54) is 28.6 Å². The fourth-order valence-corrected chi connectivity index (χ4v) is 3.47. The van der Waals surface area contributed by atoms with Crippen LogP contribution in [0, 0.1) is 0 Å². The molecule has 1 N–H and O–H groups in total. The second-order valence-corrected chi connectivity index (χ2v) is 5.32. The molecule has 0 aromatic carbocycles. The minimum Gasteiger partial charge on any atom is -0.396 e. The van der Waals surface area contributed by atoms with Crippen LogP contribution in [-0.2, 0) is 0 Å². The molecule has 70 valence electrons. The zero-order valence-electron chi connectivity index (χ0n) is 7.29. The first-order valence-electron chi connectivity index (χ1n) is 4.50. The number of hydrogen-bond acceptors (Lipinski definition) is 3. The van der Waals surface area contributed by atoms with E-state index in [4.69, 9.17) is 5.11 Å². The Morgan fingerprint density at radius 2 is 1.92 bits per heavy atom. The molecular formula is C9H16OS2. The third-order valence-electron chi connectivity index (χ3n) is 1.75. The fraction of sp³-hybridized carbons (Fsp3) is 0.778. The van der Waals surface area contributed by atoms with Gasteiger partial charge in [0.1, 0.15) is 0 Å². The summed E-state index contributed by atoms with van der Waals surface area (Å²) in [5.41, 5.74) is 0. The average molecular weight is 204 g/mol. The smallest absolute Gasteiger partial charge is 0.0431 e. The van der Waals surface area contributed by atoms with Crippen LogP contribution in [0.25, 0.3) is 0 Å². The van der Waals surface area contributed by atoms with Crippen molar-refractivity contribution in [2.75, 3.05) is 18.1 Å². The lowest BCUT2D eigenvalue weighted by atomic mass is 10.2. The summed E-state index contributed by atoms with van der Waals surface area (Å²) < 4.78 is 1.51. The van der Waals surface area contributed by atoms with Gasteiger partial charge in [0.2, 0.25) is 0 Å². The van der Waals surface area contributed by atoms with Crippen molar-refractivity contribution in [2.45, 2.75) is 25.7 Å². The molecule has 0 aromatic heterocycles. The van der Waals surface area contributed by atoms with E-state index in [0.29, 0.717) is 6.61 Å². The van der Waals surface area contributed by atoms with Crippen LogP contribution in [-0.4, -0.2) is 23.2 Å². The largest absolute Gasteiger partial charge is 0.396 e. The molecule has 1 nitrogen and oxygen atoms in total. The normalized spacial score (nSPS) is 16.9. The summed E-state index contributed by atoms with van der Waals surface area (Å²) in [4.78, 5) is 0. The maximum atomic E-state index is 8.55. The molecule has 0 saturated carbocycles. The third kappa shape index (κ3) is 4.43. The van der Waals surface area contributed by atoms with E-state index in [1.807, 2.05) is 23.5 Å². The molecule has 12 heavy (non-hydrogen) atoms. The van der Waals surface area contributed by atoms with Gasteiger partial charge in [0.05, 0.1) is 0 Å². The van der Waals surface area contributed by atoms with Gasteiger partial charge in [-0.15, -0.1) is 23.5 Å². The molecule has 0 bridgehead atoms. The van der Waals surface area contributed by atoms with Gasteiger partial charge in [-0.1, -0.05) is 12.5 Å². The summed E-state index contributed by atoms with van der Waals surface area (Å²) in [6, 6.07) is 0. The SMILES string of the molecule is OCCCCCC=C1SCCS1. The Bertz CT molecular complexity index is 137. The Morgan fingerprint density at radius 3 is 2.58 bits per heavy atom. The molecular weight excluding hydrogens is 188 g/mol. The minimum atomic E-state index is 0.347. The van der Waals surface area contributed by atoms with Gasteiger partial charge >= 0.3 is 0 Å². The van der Waals surface area contributed by atoms with Gasteiger partial charge < -0.3 is 5.11 Å². The summed E-state index contributed by atoms with van der Waals surface area (Å²) >= 11 is 3.96. The van der Waals surface area contributed by atoms with Crippen molar-refractivity contribution >= 4 is 23.5 Å². The maximum absolute atomic E-state index is 8.55. The minimum absolute atomic E-state index is 0.347. The van der Waals surface area contributed by atoms with Crippen molar-refractivity contribution < 1.29 is 5.11 Å². The van der Waals surface area contributed by atoms with Crippen molar-refractivity contribution in [3.63, 3.8) is 0 Å². The van der Waals surface area contributed by atoms with Gasteiger partial charge in [0.25, 0.3) is 0 Å². The standard InChI is InChI=1S/C9H16OS2/c10-6-4-2-1-3-5-9-11-7-8-12-9/h5,10H,1-4,6-8H2. The Morgan fingerprint density at radius 1 is 1.17 bits per heavy atom. The van der Waals surface area contributed by atoms with Crippen LogP contribution in [0.3, 0.4) is 0 Å². The number of unbranched alkanes of at least 4 members (excludes halogenated alkanes) is 3. The molecule has 1 rings (SSSR count). The highest BCUT2D eigenvalue weighted by atomic mass is 32.2. The van der Waals surface area contributed by atoms with E-state index in [1.54, 1.807) is 0 Å². The summed E-state index contributed by atoms with van der Waals surface area (Å²) in [6.45, 7) is 0.347. The number of thioether (sulfide) groups is 2. The van der Waals surface area contributed by atoms with E-state index in [0.717, 1.165) is 12.8 Å². The lowest BCUT2D eigenvalue weighted by molar-refractivity contribution is 0.283. The van der Waals surface area contributed by atoms with Crippen LogP contribution in [0.4, 0.5) is 0 Å². The zero-order chi connectivity index (χ0) is 8.65. The quantitative estimate of drug-likeness (QED) is 0.695. The molecule has 0 unspecified atom stereocenters. The van der Waals surface area contributed by atoms with Crippen LogP contribution < -0.4 is 0 Å². The average Bonchev–Trinajstić information content (AvgIpc) is 2.57. The molecule has 0 radical (unpaired) electrons. The Kier molecular flexibility index (Phi) is 6.00. The number of allylic oxidation sites excluding steroid dienone is 1. The summed E-state index contributed by atoms with van der Waals surface area (Å²) in [5, 5.41) is 8.55. The van der Waals surface area contributed by atoms with Crippen LogP contribution in [0.15, 0.2) is 10.3 Å². The van der Waals surface area contributed by atoms with E-state index < -0.39 is 0 Å². The maximum Gasteiger partial charge on any atom is 0.0431 e. The lowest BCUT2D eigenvalue weighted by Gasteiger charge is -1.95. The summed E-state index contributed by atoms with van der Waals surface area (Å²) in [6.07, 6.45) is 6.89. The topological polar surface area (TPSA) is 20.2 Å². The first kappa shape index (κ1) is 10.5. The first-order chi connectivity index (χ1) is 5.93. The number of aliphatic hydroxyl groups excluding tert-OH is 1. The predicted octanol–water partition coefficient (Wildman–Crippen LogP) is 2.86. The Hall–Kier alpha value is 0.400. The van der Waals surface area contributed by atoms with Crippen molar-refractivity contribution in [1.29, 1.82) is 0 Å². The fourth-order valence-electron chi connectivity index (χ4n) is 1.10. The number of rotatable bonds is 5. The van der Waals surface area contributed by atoms with Gasteiger partial charge in [-0.25, -0.2) is 0 Å². The molecule has 0 spiro atoms.